The van der Waals surface area contributed by atoms with Gasteiger partial charge < -0.3 is 4.98 Å². The first-order valence-corrected chi connectivity index (χ1v) is 7.61. The topological polar surface area (TPSA) is 15.8 Å². The van der Waals surface area contributed by atoms with E-state index in [2.05, 4.69) is 71.7 Å². The summed E-state index contributed by atoms with van der Waals surface area (Å²) in [5, 5.41) is 4.07. The van der Waals surface area contributed by atoms with Crippen molar-refractivity contribution in [3.8, 4) is 0 Å². The predicted molar refractivity (Wildman–Crippen MR) is 95.0 cm³/mol. The molecule has 22 heavy (non-hydrogen) atoms. The van der Waals surface area contributed by atoms with Crippen LogP contribution in [0.25, 0.3) is 27.8 Å². The Kier molecular flexibility index (Phi) is 3.24. The highest BCUT2D eigenvalue weighted by atomic mass is 14.7. The summed E-state index contributed by atoms with van der Waals surface area (Å²) in [6.07, 6.45) is 7.48. The molecule has 106 valence electrons. The zero-order chi connectivity index (χ0) is 14.8. The van der Waals surface area contributed by atoms with Crippen LogP contribution < -0.4 is 0 Å². The monoisotopic (exact) mass is 283 g/mol. The molecule has 1 aromatic heterocycles. The van der Waals surface area contributed by atoms with Crippen LogP contribution in [0.5, 0.6) is 0 Å². The molecule has 3 aromatic carbocycles. The average molecular weight is 283 g/mol. The van der Waals surface area contributed by atoms with Crippen LogP contribution in [0.4, 0.5) is 0 Å². The molecule has 1 aliphatic carbocycles. The van der Waals surface area contributed by atoms with E-state index in [1.807, 2.05) is 18.3 Å². The van der Waals surface area contributed by atoms with E-state index in [0.717, 1.165) is 6.42 Å². The summed E-state index contributed by atoms with van der Waals surface area (Å²) in [6.45, 7) is 0. The minimum Gasteiger partial charge on any atom is -0.361 e. The van der Waals surface area contributed by atoms with Crippen LogP contribution in [0.2, 0.25) is 0 Å². The predicted octanol–water partition coefficient (Wildman–Crippen LogP) is 5.58. The van der Waals surface area contributed by atoms with Gasteiger partial charge in [-0.15, -0.1) is 0 Å². The van der Waals surface area contributed by atoms with Crippen molar-refractivity contribution >= 4 is 27.8 Å². The summed E-state index contributed by atoms with van der Waals surface area (Å²) < 4.78 is 0. The van der Waals surface area contributed by atoms with Crippen molar-refractivity contribution in [2.24, 2.45) is 0 Å². The molecule has 1 aliphatic rings. The molecule has 5 rings (SSSR count). The summed E-state index contributed by atoms with van der Waals surface area (Å²) in [6, 6.07) is 23.3. The Labute approximate surface area is 129 Å². The first-order chi connectivity index (χ1) is 10.9. The van der Waals surface area contributed by atoms with E-state index < -0.39 is 0 Å². The van der Waals surface area contributed by atoms with Crippen molar-refractivity contribution in [2.75, 3.05) is 0 Å². The summed E-state index contributed by atoms with van der Waals surface area (Å²) >= 11 is 0. The van der Waals surface area contributed by atoms with Gasteiger partial charge in [-0.3, -0.25) is 0 Å². The zero-order valence-corrected chi connectivity index (χ0v) is 12.3. The maximum Gasteiger partial charge on any atom is 0.0453 e. The maximum absolute atomic E-state index is 3.12. The standard InChI is InChI=1S/C13H10.C8H7N/c1-4-10-6-2-8-12-9-3-7-11(5-1)13(10)12;1-2-4-8-7(3-1)5-6-9-8/h1-8H,9H2;1-6,9H. The molecule has 0 aliphatic heterocycles. The van der Waals surface area contributed by atoms with Crippen molar-refractivity contribution in [1.82, 2.24) is 4.98 Å². The number of nitrogens with one attached hydrogen (secondary N) is 1. The molecule has 4 aromatic rings. The van der Waals surface area contributed by atoms with E-state index in [1.165, 1.54) is 32.8 Å². The third-order valence-electron chi connectivity index (χ3n) is 4.12. The van der Waals surface area contributed by atoms with Gasteiger partial charge in [-0.2, -0.15) is 0 Å². The van der Waals surface area contributed by atoms with Gasteiger partial charge >= 0.3 is 0 Å². The molecule has 0 saturated heterocycles. The Balaban J connectivity index is 0.000000122. The maximum atomic E-state index is 3.12. The molecule has 1 N–H and O–H groups in total. The van der Waals surface area contributed by atoms with E-state index >= 15 is 0 Å². The molecule has 0 saturated carbocycles. The van der Waals surface area contributed by atoms with Gasteiger partial charge in [0.1, 0.15) is 0 Å². The molecule has 0 atom stereocenters. The summed E-state index contributed by atoms with van der Waals surface area (Å²) in [4.78, 5) is 3.12. The van der Waals surface area contributed by atoms with E-state index in [4.69, 9.17) is 0 Å². The quantitative estimate of drug-likeness (QED) is 0.434. The smallest absolute Gasteiger partial charge is 0.0453 e. The molecule has 0 fully saturated rings. The number of aromatic amines is 1. The normalized spacial score (nSPS) is 12.2. The number of allylic oxidation sites excluding steroid dienone is 1. The highest BCUT2D eigenvalue weighted by molar-refractivity contribution is 5.94. The summed E-state index contributed by atoms with van der Waals surface area (Å²) in [5.41, 5.74) is 4.02. The number of rotatable bonds is 0. The number of aromatic nitrogens is 1. The van der Waals surface area contributed by atoms with Gasteiger partial charge in [-0.25, -0.2) is 0 Å². The molecule has 0 bridgehead atoms. The second-order valence-corrected chi connectivity index (χ2v) is 5.53. The van der Waals surface area contributed by atoms with Gasteiger partial charge in [0.25, 0.3) is 0 Å². The molecule has 1 heterocycles. The molecule has 0 unspecified atom stereocenters. The lowest BCUT2D eigenvalue weighted by Crippen LogP contribution is -1.91. The second-order valence-electron chi connectivity index (χ2n) is 5.53. The van der Waals surface area contributed by atoms with Gasteiger partial charge in [0.15, 0.2) is 0 Å². The molecule has 1 heteroatoms. The fraction of sp³-hybridized carbons (Fsp3) is 0.0476. The van der Waals surface area contributed by atoms with Crippen LogP contribution in [0.15, 0.2) is 79.0 Å². The SMILES string of the molecule is C1=Cc2cccc3cccc(c23)C1.c1ccc2[nH]ccc2c1. The Hall–Kier alpha value is -2.80. The lowest BCUT2D eigenvalue weighted by Gasteiger charge is -2.11. The first-order valence-electron chi connectivity index (χ1n) is 7.61. The Morgan fingerprint density at radius 3 is 2.45 bits per heavy atom. The Bertz CT molecular complexity index is 924. The lowest BCUT2D eigenvalue weighted by atomic mass is 9.93. The fourth-order valence-electron chi connectivity index (χ4n) is 3.07. The minimum absolute atomic E-state index is 1.08. The van der Waals surface area contributed by atoms with E-state index in [-0.39, 0.29) is 0 Å². The van der Waals surface area contributed by atoms with E-state index in [9.17, 15) is 0 Å². The number of benzene rings is 3. The zero-order valence-electron chi connectivity index (χ0n) is 12.3. The van der Waals surface area contributed by atoms with Crippen molar-refractivity contribution in [3.05, 3.63) is 90.1 Å². The highest BCUT2D eigenvalue weighted by Crippen LogP contribution is 2.27. The molecule has 0 spiro atoms. The first kappa shape index (κ1) is 12.9. The Morgan fingerprint density at radius 2 is 1.55 bits per heavy atom. The molecular formula is C21H17N. The molecule has 1 nitrogen and oxygen atoms in total. The molecule has 0 amide bonds. The van der Waals surface area contributed by atoms with Gasteiger partial charge in [0.05, 0.1) is 0 Å². The molecular weight excluding hydrogens is 266 g/mol. The van der Waals surface area contributed by atoms with Crippen molar-refractivity contribution < 1.29 is 0 Å². The van der Waals surface area contributed by atoms with Crippen LogP contribution in [0.3, 0.4) is 0 Å². The van der Waals surface area contributed by atoms with Crippen LogP contribution in [-0.4, -0.2) is 4.98 Å². The van der Waals surface area contributed by atoms with Crippen LogP contribution in [0.1, 0.15) is 11.1 Å². The number of hydrogen-bond acceptors (Lipinski definition) is 0. The van der Waals surface area contributed by atoms with Gasteiger partial charge in [-0.1, -0.05) is 66.7 Å². The third-order valence-corrected chi connectivity index (χ3v) is 4.12. The van der Waals surface area contributed by atoms with Crippen molar-refractivity contribution in [2.45, 2.75) is 6.42 Å². The van der Waals surface area contributed by atoms with Crippen molar-refractivity contribution in [1.29, 1.82) is 0 Å². The van der Waals surface area contributed by atoms with Crippen molar-refractivity contribution in [3.63, 3.8) is 0 Å². The fourth-order valence-corrected chi connectivity index (χ4v) is 3.07. The van der Waals surface area contributed by atoms with E-state index in [0.29, 0.717) is 0 Å². The summed E-state index contributed by atoms with van der Waals surface area (Å²) in [5.74, 6) is 0. The number of hydrogen-bond donors (Lipinski definition) is 1. The van der Waals surface area contributed by atoms with Gasteiger partial charge in [0.2, 0.25) is 0 Å². The number of para-hydroxylation sites is 1. The lowest BCUT2D eigenvalue weighted by molar-refractivity contribution is 1.29. The number of fused-ring (bicyclic) bond motifs is 1. The van der Waals surface area contributed by atoms with Crippen LogP contribution in [-0.2, 0) is 6.42 Å². The number of H-pyrrole nitrogens is 1. The third kappa shape index (κ3) is 2.31. The van der Waals surface area contributed by atoms with Crippen LogP contribution in [0, 0.1) is 0 Å². The largest absolute Gasteiger partial charge is 0.361 e. The second kappa shape index (κ2) is 5.53. The minimum atomic E-state index is 1.08. The van der Waals surface area contributed by atoms with E-state index in [1.54, 1.807) is 0 Å². The average Bonchev–Trinajstić information content (AvgIpc) is 3.05. The summed E-state index contributed by atoms with van der Waals surface area (Å²) in [7, 11) is 0. The molecule has 0 radical (unpaired) electrons. The van der Waals surface area contributed by atoms with Crippen LogP contribution >= 0.6 is 0 Å². The van der Waals surface area contributed by atoms with Gasteiger partial charge in [0, 0.05) is 11.7 Å². The van der Waals surface area contributed by atoms with Gasteiger partial charge in [-0.05, 0) is 45.8 Å². The Morgan fingerprint density at radius 1 is 0.727 bits per heavy atom. The highest BCUT2D eigenvalue weighted by Gasteiger charge is 2.06.